The van der Waals surface area contributed by atoms with E-state index in [9.17, 15) is 22.8 Å². The van der Waals surface area contributed by atoms with Gasteiger partial charge >= 0.3 is 12.1 Å². The van der Waals surface area contributed by atoms with E-state index in [2.05, 4.69) is 4.74 Å². The van der Waals surface area contributed by atoms with Crippen molar-refractivity contribution in [1.82, 2.24) is 0 Å². The van der Waals surface area contributed by atoms with Crippen LogP contribution < -0.4 is 5.73 Å². The number of hydrogen-bond acceptors (Lipinski definition) is 3. The Hall–Kier alpha value is -2.05. The highest BCUT2D eigenvalue weighted by Crippen LogP contribution is 2.35. The van der Waals surface area contributed by atoms with Crippen molar-refractivity contribution in [2.75, 3.05) is 0 Å². The maximum atomic E-state index is 12.8. The monoisotopic (exact) mass is 261 g/mol. The Labute approximate surface area is 101 Å². The van der Waals surface area contributed by atoms with Crippen molar-refractivity contribution >= 4 is 11.9 Å². The summed E-state index contributed by atoms with van der Waals surface area (Å²) in [5.41, 5.74) is 2.76. The number of nitrogens with two attached hydrogens (primary N) is 1. The minimum absolute atomic E-state index is 0.311. The Morgan fingerprint density at radius 3 is 2.39 bits per heavy atom. The van der Waals surface area contributed by atoms with Crippen molar-refractivity contribution in [3.05, 3.63) is 34.9 Å². The summed E-state index contributed by atoms with van der Waals surface area (Å²) in [5, 5.41) is 0. The number of primary amides is 1. The Kier molecular flexibility index (Phi) is 3.95. The molecule has 0 spiro atoms. The number of ether oxygens (including phenoxy) is 1. The molecule has 7 heteroatoms. The lowest BCUT2D eigenvalue weighted by molar-refractivity contribution is -0.145. The first kappa shape index (κ1) is 14.0. The van der Waals surface area contributed by atoms with Crippen molar-refractivity contribution in [3.63, 3.8) is 0 Å². The second-order valence-electron chi connectivity index (χ2n) is 3.48. The Bertz CT molecular complexity index is 483. The van der Waals surface area contributed by atoms with Gasteiger partial charge in [0, 0.05) is 12.5 Å². The number of amides is 1. The van der Waals surface area contributed by atoms with E-state index in [-0.39, 0.29) is 5.56 Å². The molecule has 0 unspecified atom stereocenters. The maximum Gasteiger partial charge on any atom is 0.417 e. The lowest BCUT2D eigenvalue weighted by Gasteiger charge is -2.15. The number of alkyl halides is 3. The van der Waals surface area contributed by atoms with Gasteiger partial charge in [0.1, 0.15) is 6.61 Å². The molecule has 1 rings (SSSR count). The average molecular weight is 261 g/mol. The Balaban J connectivity index is 3.29. The van der Waals surface area contributed by atoms with Crippen molar-refractivity contribution in [3.8, 4) is 0 Å². The molecule has 0 aromatic heterocycles. The van der Waals surface area contributed by atoms with Crippen LogP contribution in [0.5, 0.6) is 0 Å². The van der Waals surface area contributed by atoms with Crippen LogP contribution in [0.1, 0.15) is 28.4 Å². The average Bonchev–Trinajstić information content (AvgIpc) is 2.24. The van der Waals surface area contributed by atoms with E-state index < -0.39 is 35.8 Å². The molecular formula is C11H10F3NO3. The molecule has 98 valence electrons. The van der Waals surface area contributed by atoms with E-state index in [1.54, 1.807) is 0 Å². The molecule has 0 aliphatic heterocycles. The van der Waals surface area contributed by atoms with Crippen LogP contribution in [0, 0.1) is 0 Å². The molecule has 0 fully saturated rings. The maximum absolute atomic E-state index is 12.8. The molecule has 0 aliphatic carbocycles. The van der Waals surface area contributed by atoms with Crippen molar-refractivity contribution < 1.29 is 27.5 Å². The molecule has 1 aromatic carbocycles. The Morgan fingerprint density at radius 1 is 1.33 bits per heavy atom. The number of esters is 1. The van der Waals surface area contributed by atoms with Gasteiger partial charge in [0.25, 0.3) is 0 Å². The summed E-state index contributed by atoms with van der Waals surface area (Å²) in [6.07, 6.45) is -4.75. The van der Waals surface area contributed by atoms with Gasteiger partial charge in [-0.05, 0) is 6.07 Å². The van der Waals surface area contributed by atoms with E-state index in [1.807, 2.05) is 0 Å². The normalized spacial score (nSPS) is 11.1. The molecule has 2 N–H and O–H groups in total. The fourth-order valence-corrected chi connectivity index (χ4v) is 1.44. The molecule has 0 radical (unpaired) electrons. The van der Waals surface area contributed by atoms with Crippen molar-refractivity contribution in [1.29, 1.82) is 0 Å². The van der Waals surface area contributed by atoms with Crippen LogP contribution in [0.2, 0.25) is 0 Å². The largest absolute Gasteiger partial charge is 0.461 e. The van der Waals surface area contributed by atoms with Gasteiger partial charge in [-0.25, -0.2) is 0 Å². The molecule has 0 atom stereocenters. The standard InChI is InChI=1S/C11H10F3NO3/c1-6(16)18-5-7-3-2-4-8(10(15)17)9(7)11(12,13)14/h2-4H,5H2,1H3,(H2,15,17). The van der Waals surface area contributed by atoms with E-state index in [4.69, 9.17) is 5.73 Å². The van der Waals surface area contributed by atoms with Crippen LogP contribution in [0.15, 0.2) is 18.2 Å². The molecule has 18 heavy (non-hydrogen) atoms. The SMILES string of the molecule is CC(=O)OCc1cccc(C(N)=O)c1C(F)(F)F. The summed E-state index contributed by atoms with van der Waals surface area (Å²) in [6, 6.07) is 3.34. The van der Waals surface area contributed by atoms with Gasteiger partial charge in [-0.1, -0.05) is 12.1 Å². The van der Waals surface area contributed by atoms with Crippen molar-refractivity contribution in [2.45, 2.75) is 19.7 Å². The van der Waals surface area contributed by atoms with Gasteiger partial charge in [-0.15, -0.1) is 0 Å². The number of benzene rings is 1. The van der Waals surface area contributed by atoms with Gasteiger partial charge in [-0.3, -0.25) is 9.59 Å². The zero-order valence-electron chi connectivity index (χ0n) is 9.38. The number of hydrogen-bond donors (Lipinski definition) is 1. The second-order valence-corrected chi connectivity index (χ2v) is 3.48. The first-order chi connectivity index (χ1) is 8.23. The van der Waals surface area contributed by atoms with Gasteiger partial charge in [0.15, 0.2) is 0 Å². The van der Waals surface area contributed by atoms with Crippen LogP contribution in [-0.2, 0) is 22.3 Å². The molecular weight excluding hydrogens is 251 g/mol. The number of rotatable bonds is 3. The second kappa shape index (κ2) is 5.07. The third kappa shape index (κ3) is 3.22. The Morgan fingerprint density at radius 2 is 1.94 bits per heavy atom. The zero-order valence-corrected chi connectivity index (χ0v) is 9.38. The lowest BCUT2D eigenvalue weighted by Crippen LogP contribution is -2.21. The van der Waals surface area contributed by atoms with Crippen LogP contribution in [-0.4, -0.2) is 11.9 Å². The number of halogens is 3. The molecule has 1 amide bonds. The van der Waals surface area contributed by atoms with E-state index in [1.165, 1.54) is 6.07 Å². The third-order valence-electron chi connectivity index (χ3n) is 2.13. The predicted octanol–water partition coefficient (Wildman–Crippen LogP) is 1.87. The molecule has 0 aliphatic rings. The zero-order chi connectivity index (χ0) is 13.9. The fourth-order valence-electron chi connectivity index (χ4n) is 1.44. The number of carbonyl (C=O) groups is 2. The highest BCUT2D eigenvalue weighted by molar-refractivity contribution is 5.94. The predicted molar refractivity (Wildman–Crippen MR) is 55.4 cm³/mol. The van der Waals surface area contributed by atoms with E-state index >= 15 is 0 Å². The molecule has 0 saturated carbocycles. The van der Waals surface area contributed by atoms with Crippen LogP contribution in [0.25, 0.3) is 0 Å². The summed E-state index contributed by atoms with van der Waals surface area (Å²) in [7, 11) is 0. The minimum Gasteiger partial charge on any atom is -0.461 e. The lowest BCUT2D eigenvalue weighted by atomic mass is 10.0. The summed E-state index contributed by atoms with van der Waals surface area (Å²) < 4.78 is 43.0. The summed E-state index contributed by atoms with van der Waals surface area (Å²) in [6.45, 7) is 0.510. The molecule has 1 aromatic rings. The van der Waals surface area contributed by atoms with Gasteiger partial charge in [-0.2, -0.15) is 13.2 Å². The van der Waals surface area contributed by atoms with Crippen LogP contribution in [0.3, 0.4) is 0 Å². The van der Waals surface area contributed by atoms with Crippen LogP contribution >= 0.6 is 0 Å². The molecule has 4 nitrogen and oxygen atoms in total. The van der Waals surface area contributed by atoms with Crippen LogP contribution in [0.4, 0.5) is 13.2 Å². The van der Waals surface area contributed by atoms with Gasteiger partial charge in [0.2, 0.25) is 5.91 Å². The topological polar surface area (TPSA) is 69.4 Å². The first-order valence-corrected chi connectivity index (χ1v) is 4.85. The highest BCUT2D eigenvalue weighted by Gasteiger charge is 2.37. The van der Waals surface area contributed by atoms with Gasteiger partial charge in [0.05, 0.1) is 11.1 Å². The van der Waals surface area contributed by atoms with E-state index in [0.29, 0.717) is 0 Å². The summed E-state index contributed by atoms with van der Waals surface area (Å²) >= 11 is 0. The van der Waals surface area contributed by atoms with E-state index in [0.717, 1.165) is 19.1 Å². The summed E-state index contributed by atoms with van der Waals surface area (Å²) in [5.74, 6) is -1.90. The summed E-state index contributed by atoms with van der Waals surface area (Å²) in [4.78, 5) is 21.6. The smallest absolute Gasteiger partial charge is 0.417 e. The quantitative estimate of drug-likeness (QED) is 0.844. The fraction of sp³-hybridized carbons (Fsp3) is 0.273. The number of carbonyl (C=O) groups excluding carboxylic acids is 2. The molecule has 0 heterocycles. The molecule has 0 bridgehead atoms. The first-order valence-electron chi connectivity index (χ1n) is 4.85. The molecule has 0 saturated heterocycles. The van der Waals surface area contributed by atoms with Gasteiger partial charge < -0.3 is 10.5 Å². The van der Waals surface area contributed by atoms with Crippen molar-refractivity contribution in [2.24, 2.45) is 5.73 Å². The highest BCUT2D eigenvalue weighted by atomic mass is 19.4. The third-order valence-corrected chi connectivity index (χ3v) is 2.13. The minimum atomic E-state index is -4.75.